The summed E-state index contributed by atoms with van der Waals surface area (Å²) in [5.74, 6) is 0. The van der Waals surface area contributed by atoms with E-state index in [2.05, 4.69) is 91.0 Å². The number of rotatable bonds is 3. The Balaban J connectivity index is 0. The first-order valence-electron chi connectivity index (χ1n) is 6.60. The highest BCUT2D eigenvalue weighted by Gasteiger charge is 2.20. The SMILES string of the molecule is F.F.F.F.c1ccc(B(c2ccccc2)c2ccccc2)cc1. The van der Waals surface area contributed by atoms with E-state index in [9.17, 15) is 0 Å². The lowest BCUT2D eigenvalue weighted by atomic mass is 9.37. The van der Waals surface area contributed by atoms with Crippen LogP contribution in [0, 0.1) is 0 Å². The summed E-state index contributed by atoms with van der Waals surface area (Å²) in [7, 11) is 0. The van der Waals surface area contributed by atoms with Gasteiger partial charge in [-0.15, -0.1) is 0 Å². The Morgan fingerprint density at radius 3 is 0.783 bits per heavy atom. The van der Waals surface area contributed by atoms with E-state index in [1.54, 1.807) is 0 Å². The summed E-state index contributed by atoms with van der Waals surface area (Å²) in [6, 6.07) is 32.0. The normalized spacial score (nSPS) is 8.35. The lowest BCUT2D eigenvalue weighted by molar-refractivity contribution is 1.11. The predicted octanol–water partition coefficient (Wildman–Crippen LogP) is 2.81. The Morgan fingerprint density at radius 1 is 0.348 bits per heavy atom. The van der Waals surface area contributed by atoms with E-state index in [0.29, 0.717) is 6.71 Å². The Labute approximate surface area is 133 Å². The molecule has 0 fully saturated rings. The summed E-state index contributed by atoms with van der Waals surface area (Å²) < 4.78 is 0. The van der Waals surface area contributed by atoms with E-state index in [1.807, 2.05) is 0 Å². The molecule has 5 heteroatoms. The molecular weight excluding hydrogens is 303 g/mol. The first-order chi connectivity index (χ1) is 9.45. The van der Waals surface area contributed by atoms with Crippen LogP contribution in [-0.4, -0.2) is 6.71 Å². The third-order valence-corrected chi connectivity index (χ3v) is 3.40. The molecule has 0 spiro atoms. The number of hydrogen-bond donors (Lipinski definition) is 0. The second-order valence-electron chi connectivity index (χ2n) is 4.67. The lowest BCUT2D eigenvalue weighted by Gasteiger charge is -2.15. The molecule has 0 nitrogen and oxygen atoms in total. The minimum absolute atomic E-state index is 0. The number of benzene rings is 3. The monoisotopic (exact) mass is 322 g/mol. The van der Waals surface area contributed by atoms with Crippen LogP contribution in [0.5, 0.6) is 0 Å². The molecule has 0 heterocycles. The van der Waals surface area contributed by atoms with Gasteiger partial charge in [-0.3, -0.25) is 18.8 Å². The van der Waals surface area contributed by atoms with Gasteiger partial charge in [0.2, 0.25) is 6.71 Å². The zero-order valence-corrected chi connectivity index (χ0v) is 12.4. The average Bonchev–Trinajstić information content (AvgIpc) is 2.51. The Kier molecular flexibility index (Phi) is 10.9. The fourth-order valence-electron chi connectivity index (χ4n) is 2.51. The molecule has 0 radical (unpaired) electrons. The molecule has 0 saturated heterocycles. The van der Waals surface area contributed by atoms with Crippen molar-refractivity contribution in [1.29, 1.82) is 0 Å². The van der Waals surface area contributed by atoms with Crippen LogP contribution in [0.15, 0.2) is 91.0 Å². The third kappa shape index (κ3) is 5.29. The topological polar surface area (TPSA) is 0 Å². The fraction of sp³-hybridized carbons (Fsp3) is 0. The van der Waals surface area contributed by atoms with Gasteiger partial charge >= 0.3 is 0 Å². The van der Waals surface area contributed by atoms with Gasteiger partial charge in [-0.1, -0.05) is 107 Å². The van der Waals surface area contributed by atoms with Crippen LogP contribution in [0.25, 0.3) is 0 Å². The minimum atomic E-state index is 0. The van der Waals surface area contributed by atoms with Crippen LogP contribution in [0.3, 0.4) is 0 Å². The van der Waals surface area contributed by atoms with Gasteiger partial charge in [-0.2, -0.15) is 0 Å². The zero-order valence-electron chi connectivity index (χ0n) is 12.4. The van der Waals surface area contributed by atoms with E-state index in [-0.39, 0.29) is 18.8 Å². The van der Waals surface area contributed by atoms with Crippen LogP contribution in [0.4, 0.5) is 18.8 Å². The van der Waals surface area contributed by atoms with E-state index in [1.165, 1.54) is 16.4 Å². The molecule has 3 rings (SSSR count). The van der Waals surface area contributed by atoms with Crippen molar-refractivity contribution in [2.75, 3.05) is 0 Å². The molecule has 0 unspecified atom stereocenters. The maximum absolute atomic E-state index is 2.20. The molecule has 3 aromatic carbocycles. The van der Waals surface area contributed by atoms with Crippen molar-refractivity contribution < 1.29 is 18.8 Å². The number of hydrogen-bond acceptors (Lipinski definition) is 0. The quantitative estimate of drug-likeness (QED) is 0.514. The molecule has 0 saturated carbocycles. The summed E-state index contributed by atoms with van der Waals surface area (Å²) >= 11 is 0. The van der Waals surface area contributed by atoms with Crippen LogP contribution in [-0.2, 0) is 0 Å². The zero-order chi connectivity index (χ0) is 12.9. The summed E-state index contributed by atoms with van der Waals surface area (Å²) in [6.07, 6.45) is 0. The Morgan fingerprint density at radius 2 is 0.565 bits per heavy atom. The molecule has 3 aromatic rings. The summed E-state index contributed by atoms with van der Waals surface area (Å²) in [5.41, 5.74) is 4.00. The van der Waals surface area contributed by atoms with Gasteiger partial charge in [-0.25, -0.2) is 0 Å². The molecule has 0 atom stereocenters. The van der Waals surface area contributed by atoms with Gasteiger partial charge in [0.1, 0.15) is 0 Å². The largest absolute Gasteiger partial charge is 0.269 e. The van der Waals surface area contributed by atoms with Crippen molar-refractivity contribution in [3.8, 4) is 0 Å². The maximum Gasteiger partial charge on any atom is 0.241 e. The predicted molar refractivity (Wildman–Crippen MR) is 94.0 cm³/mol. The van der Waals surface area contributed by atoms with Crippen LogP contribution >= 0.6 is 0 Å². The van der Waals surface area contributed by atoms with Crippen molar-refractivity contribution in [1.82, 2.24) is 0 Å². The fourth-order valence-corrected chi connectivity index (χ4v) is 2.51. The van der Waals surface area contributed by atoms with Crippen molar-refractivity contribution in [2.45, 2.75) is 0 Å². The van der Waals surface area contributed by atoms with Crippen molar-refractivity contribution in [3.05, 3.63) is 91.0 Å². The first-order valence-corrected chi connectivity index (χ1v) is 6.60. The van der Waals surface area contributed by atoms with Crippen LogP contribution in [0.1, 0.15) is 0 Å². The third-order valence-electron chi connectivity index (χ3n) is 3.40. The van der Waals surface area contributed by atoms with E-state index in [0.717, 1.165) is 0 Å². The molecule has 0 aliphatic carbocycles. The van der Waals surface area contributed by atoms with Crippen LogP contribution in [0.2, 0.25) is 0 Å². The van der Waals surface area contributed by atoms with Crippen molar-refractivity contribution in [3.63, 3.8) is 0 Å². The van der Waals surface area contributed by atoms with E-state index in [4.69, 9.17) is 0 Å². The highest BCUT2D eigenvalue weighted by atomic mass is 19.0. The van der Waals surface area contributed by atoms with Crippen molar-refractivity contribution in [2.24, 2.45) is 0 Å². The molecule has 0 N–H and O–H groups in total. The Hall–Kier alpha value is -2.56. The smallest absolute Gasteiger partial charge is 0.241 e. The minimum Gasteiger partial charge on any atom is -0.269 e. The first kappa shape index (κ1) is 22.7. The summed E-state index contributed by atoms with van der Waals surface area (Å²) in [4.78, 5) is 0. The average molecular weight is 322 g/mol. The molecule has 122 valence electrons. The molecule has 0 amide bonds. The molecule has 0 bridgehead atoms. The Bertz CT molecular complexity index is 539. The number of halogens is 4. The van der Waals surface area contributed by atoms with Gasteiger partial charge < -0.3 is 0 Å². The highest BCUT2D eigenvalue weighted by Crippen LogP contribution is 1.95. The molecule has 0 aliphatic heterocycles. The molecule has 0 aromatic heterocycles. The van der Waals surface area contributed by atoms with Gasteiger partial charge in [-0.05, 0) is 0 Å². The van der Waals surface area contributed by atoms with Gasteiger partial charge in [0.25, 0.3) is 0 Å². The van der Waals surface area contributed by atoms with Crippen LogP contribution < -0.4 is 16.4 Å². The van der Waals surface area contributed by atoms with Gasteiger partial charge in [0, 0.05) is 0 Å². The lowest BCUT2D eigenvalue weighted by Crippen LogP contribution is -2.51. The second kappa shape index (κ2) is 11.1. The molecule has 23 heavy (non-hydrogen) atoms. The van der Waals surface area contributed by atoms with E-state index < -0.39 is 0 Å². The standard InChI is InChI=1S/C18H15B.4FH/c1-4-10-16(11-5-1)19(17-12-6-2-7-13-17)18-14-8-3-9-15-18;;;;/h1-15H;4*1H. The maximum atomic E-state index is 2.20. The molecular formula is C18H19BF4. The molecule has 0 aliphatic rings. The van der Waals surface area contributed by atoms with Gasteiger partial charge in [0.15, 0.2) is 0 Å². The summed E-state index contributed by atoms with van der Waals surface area (Å²) in [6.45, 7) is 0.309. The second-order valence-corrected chi connectivity index (χ2v) is 4.67. The summed E-state index contributed by atoms with van der Waals surface area (Å²) in [5, 5.41) is 0. The van der Waals surface area contributed by atoms with Gasteiger partial charge in [0.05, 0.1) is 0 Å². The van der Waals surface area contributed by atoms with Crippen molar-refractivity contribution >= 4 is 23.1 Å². The highest BCUT2D eigenvalue weighted by molar-refractivity contribution is 6.95. The van der Waals surface area contributed by atoms with E-state index >= 15 is 0 Å².